The maximum absolute atomic E-state index is 11.9. The van der Waals surface area contributed by atoms with Gasteiger partial charge in [-0.05, 0) is 33.8 Å². The number of carbonyl (C=O) groups is 1. The largest absolute Gasteiger partial charge is 0.508 e. The Morgan fingerprint density at radius 2 is 1.78 bits per heavy atom. The maximum atomic E-state index is 11.9. The molecule has 0 saturated carbocycles. The van der Waals surface area contributed by atoms with Crippen molar-refractivity contribution in [1.29, 1.82) is 0 Å². The molecule has 4 nitrogen and oxygen atoms in total. The summed E-state index contributed by atoms with van der Waals surface area (Å²) in [6.45, 7) is 6.81. The van der Waals surface area contributed by atoms with Crippen molar-refractivity contribution >= 4 is 5.91 Å². The van der Waals surface area contributed by atoms with Crippen LogP contribution in [0, 0.1) is 0 Å². The number of benzene rings is 1. The monoisotopic (exact) mass is 251 g/mol. The molecule has 0 saturated heterocycles. The zero-order chi connectivity index (χ0) is 14.0. The standard InChI is InChI=1S/C14H21NO3/c1-13(2,14(3,4)18)15-12(17)9-10-7-5-6-8-11(10)16/h5-8,16,18H,9H2,1-4H3,(H,15,17). The van der Waals surface area contributed by atoms with E-state index in [1.54, 1.807) is 52.0 Å². The van der Waals surface area contributed by atoms with Crippen LogP contribution in [-0.2, 0) is 11.2 Å². The minimum Gasteiger partial charge on any atom is -0.508 e. The predicted molar refractivity (Wildman–Crippen MR) is 70.3 cm³/mol. The van der Waals surface area contributed by atoms with E-state index in [1.165, 1.54) is 0 Å². The number of amides is 1. The van der Waals surface area contributed by atoms with Gasteiger partial charge in [-0.2, -0.15) is 0 Å². The van der Waals surface area contributed by atoms with Crippen molar-refractivity contribution in [2.75, 3.05) is 0 Å². The summed E-state index contributed by atoms with van der Waals surface area (Å²) in [5.74, 6) is -0.127. The number of rotatable bonds is 4. The van der Waals surface area contributed by atoms with E-state index in [2.05, 4.69) is 5.32 Å². The van der Waals surface area contributed by atoms with Crippen LogP contribution < -0.4 is 5.32 Å². The van der Waals surface area contributed by atoms with Gasteiger partial charge in [-0.1, -0.05) is 18.2 Å². The smallest absolute Gasteiger partial charge is 0.225 e. The third-order valence-electron chi connectivity index (χ3n) is 3.32. The second kappa shape index (κ2) is 4.98. The number of hydrogen-bond acceptors (Lipinski definition) is 3. The minimum atomic E-state index is -1.03. The van der Waals surface area contributed by atoms with Gasteiger partial charge in [0.15, 0.2) is 0 Å². The second-order valence-corrected chi connectivity index (χ2v) is 5.54. The molecule has 0 radical (unpaired) electrons. The number of phenols is 1. The SMILES string of the molecule is CC(C)(O)C(C)(C)NC(=O)Cc1ccccc1O. The molecule has 1 aromatic carbocycles. The van der Waals surface area contributed by atoms with Crippen LogP contribution in [0.3, 0.4) is 0 Å². The Balaban J connectivity index is 2.72. The number of para-hydroxylation sites is 1. The van der Waals surface area contributed by atoms with Gasteiger partial charge in [-0.25, -0.2) is 0 Å². The van der Waals surface area contributed by atoms with Crippen LogP contribution in [-0.4, -0.2) is 27.3 Å². The van der Waals surface area contributed by atoms with Gasteiger partial charge >= 0.3 is 0 Å². The molecule has 1 rings (SSSR count). The van der Waals surface area contributed by atoms with Crippen molar-refractivity contribution < 1.29 is 15.0 Å². The number of hydrogen-bond donors (Lipinski definition) is 3. The number of aromatic hydroxyl groups is 1. The fourth-order valence-electron chi connectivity index (χ4n) is 1.38. The van der Waals surface area contributed by atoms with Crippen molar-refractivity contribution in [2.45, 2.75) is 45.3 Å². The molecule has 0 fully saturated rings. The maximum Gasteiger partial charge on any atom is 0.225 e. The molecular formula is C14H21NO3. The fourth-order valence-corrected chi connectivity index (χ4v) is 1.38. The highest BCUT2D eigenvalue weighted by Crippen LogP contribution is 2.21. The van der Waals surface area contributed by atoms with E-state index in [0.29, 0.717) is 5.56 Å². The summed E-state index contributed by atoms with van der Waals surface area (Å²) < 4.78 is 0. The number of phenolic OH excluding ortho intramolecular Hbond substituents is 1. The Morgan fingerprint density at radius 1 is 1.22 bits per heavy atom. The van der Waals surface area contributed by atoms with Gasteiger partial charge in [0, 0.05) is 5.56 Å². The van der Waals surface area contributed by atoms with Gasteiger partial charge in [-0.15, -0.1) is 0 Å². The van der Waals surface area contributed by atoms with Gasteiger partial charge in [-0.3, -0.25) is 4.79 Å². The molecule has 0 spiro atoms. The van der Waals surface area contributed by atoms with Crippen molar-refractivity contribution in [1.82, 2.24) is 5.32 Å². The van der Waals surface area contributed by atoms with Crippen LogP contribution in [0.2, 0.25) is 0 Å². The molecule has 0 heterocycles. The first-order valence-corrected chi connectivity index (χ1v) is 5.94. The summed E-state index contributed by atoms with van der Waals surface area (Å²) in [6.07, 6.45) is 0.0895. The lowest BCUT2D eigenvalue weighted by molar-refractivity contribution is -0.125. The van der Waals surface area contributed by atoms with Gasteiger partial charge in [0.1, 0.15) is 5.75 Å². The summed E-state index contributed by atoms with van der Waals surface area (Å²) in [7, 11) is 0. The average molecular weight is 251 g/mol. The van der Waals surface area contributed by atoms with Crippen LogP contribution in [0.5, 0.6) is 5.75 Å². The Morgan fingerprint density at radius 3 is 2.28 bits per heavy atom. The Kier molecular flexibility index (Phi) is 4.02. The summed E-state index contributed by atoms with van der Waals surface area (Å²) in [5.41, 5.74) is -1.20. The molecule has 1 aromatic rings. The number of aliphatic hydroxyl groups is 1. The molecule has 0 aliphatic carbocycles. The van der Waals surface area contributed by atoms with Gasteiger partial charge in [0.2, 0.25) is 5.91 Å². The summed E-state index contributed by atoms with van der Waals surface area (Å²) >= 11 is 0. The molecule has 100 valence electrons. The first kappa shape index (κ1) is 14.5. The quantitative estimate of drug-likeness (QED) is 0.761. The van der Waals surface area contributed by atoms with E-state index >= 15 is 0 Å². The molecule has 0 aliphatic heterocycles. The van der Waals surface area contributed by atoms with Crippen LogP contribution in [0.15, 0.2) is 24.3 Å². The van der Waals surface area contributed by atoms with E-state index < -0.39 is 11.1 Å². The highest BCUT2D eigenvalue weighted by atomic mass is 16.3. The zero-order valence-corrected chi connectivity index (χ0v) is 11.3. The fraction of sp³-hybridized carbons (Fsp3) is 0.500. The van der Waals surface area contributed by atoms with Crippen molar-refractivity contribution in [2.24, 2.45) is 0 Å². The number of nitrogens with one attached hydrogen (secondary N) is 1. The molecule has 0 atom stereocenters. The van der Waals surface area contributed by atoms with E-state index in [1.807, 2.05) is 0 Å². The van der Waals surface area contributed by atoms with Crippen molar-refractivity contribution in [3.05, 3.63) is 29.8 Å². The Labute approximate surface area is 108 Å². The van der Waals surface area contributed by atoms with Crippen LogP contribution >= 0.6 is 0 Å². The Bertz CT molecular complexity index is 433. The predicted octanol–water partition coefficient (Wildman–Crippen LogP) is 1.60. The van der Waals surface area contributed by atoms with Crippen molar-refractivity contribution in [3.8, 4) is 5.75 Å². The van der Waals surface area contributed by atoms with E-state index in [9.17, 15) is 15.0 Å². The van der Waals surface area contributed by atoms with E-state index in [4.69, 9.17) is 0 Å². The topological polar surface area (TPSA) is 69.6 Å². The van der Waals surface area contributed by atoms with E-state index in [-0.39, 0.29) is 18.1 Å². The Hall–Kier alpha value is -1.55. The molecule has 0 bridgehead atoms. The van der Waals surface area contributed by atoms with Gasteiger partial charge in [0.05, 0.1) is 17.6 Å². The first-order chi connectivity index (χ1) is 8.13. The lowest BCUT2D eigenvalue weighted by Gasteiger charge is -2.38. The summed E-state index contributed by atoms with van der Waals surface area (Å²) in [5, 5.41) is 22.3. The highest BCUT2D eigenvalue weighted by Gasteiger charge is 2.36. The van der Waals surface area contributed by atoms with E-state index in [0.717, 1.165) is 0 Å². The molecule has 0 unspecified atom stereocenters. The molecule has 4 heteroatoms. The molecule has 0 aromatic heterocycles. The van der Waals surface area contributed by atoms with Crippen LogP contribution in [0.4, 0.5) is 0 Å². The lowest BCUT2D eigenvalue weighted by atomic mass is 9.86. The lowest BCUT2D eigenvalue weighted by Crippen LogP contribution is -2.58. The minimum absolute atomic E-state index is 0.0895. The third-order valence-corrected chi connectivity index (χ3v) is 3.32. The molecule has 3 N–H and O–H groups in total. The molecule has 18 heavy (non-hydrogen) atoms. The first-order valence-electron chi connectivity index (χ1n) is 5.94. The second-order valence-electron chi connectivity index (χ2n) is 5.54. The molecule has 0 aliphatic rings. The zero-order valence-electron chi connectivity index (χ0n) is 11.3. The van der Waals surface area contributed by atoms with Crippen LogP contribution in [0.25, 0.3) is 0 Å². The van der Waals surface area contributed by atoms with Gasteiger partial charge in [0.25, 0.3) is 0 Å². The third kappa shape index (κ3) is 3.47. The van der Waals surface area contributed by atoms with Crippen LogP contribution in [0.1, 0.15) is 33.3 Å². The molecular weight excluding hydrogens is 230 g/mol. The van der Waals surface area contributed by atoms with Crippen molar-refractivity contribution in [3.63, 3.8) is 0 Å². The average Bonchev–Trinajstić information content (AvgIpc) is 2.19. The normalized spacial score (nSPS) is 12.3. The summed E-state index contributed by atoms with van der Waals surface area (Å²) in [4.78, 5) is 11.9. The number of carbonyl (C=O) groups excluding carboxylic acids is 1. The molecule has 1 amide bonds. The summed E-state index contributed by atoms with van der Waals surface area (Å²) in [6, 6.07) is 6.72. The van der Waals surface area contributed by atoms with Gasteiger partial charge < -0.3 is 15.5 Å². The highest BCUT2D eigenvalue weighted by molar-refractivity contribution is 5.80.